The summed E-state index contributed by atoms with van der Waals surface area (Å²) in [6.07, 6.45) is 0.950. The van der Waals surface area contributed by atoms with Crippen LogP contribution in [0.2, 0.25) is 0 Å². The van der Waals surface area contributed by atoms with Gasteiger partial charge < -0.3 is 9.64 Å². The number of hydrogen-bond acceptors (Lipinski definition) is 2. The van der Waals surface area contributed by atoms with Gasteiger partial charge in [-0.25, -0.2) is 0 Å². The summed E-state index contributed by atoms with van der Waals surface area (Å²) in [6, 6.07) is 5.54. The Labute approximate surface area is 111 Å². The third-order valence-electron chi connectivity index (χ3n) is 2.63. The molecule has 0 radical (unpaired) electrons. The normalized spacial score (nSPS) is 10.1. The maximum absolute atomic E-state index is 12.1. The van der Waals surface area contributed by atoms with Crippen LogP contribution in [0.5, 0.6) is 5.75 Å². The maximum atomic E-state index is 12.1. The van der Waals surface area contributed by atoms with Gasteiger partial charge in [0.05, 0.1) is 7.11 Å². The summed E-state index contributed by atoms with van der Waals surface area (Å²) in [5.74, 6) is 0.786. The molecular formula is C13H18BrNO2. The van der Waals surface area contributed by atoms with E-state index in [1.54, 1.807) is 18.1 Å². The highest BCUT2D eigenvalue weighted by molar-refractivity contribution is 9.09. The first kappa shape index (κ1) is 14.0. The lowest BCUT2D eigenvalue weighted by atomic mass is 10.1. The number of halogens is 1. The van der Waals surface area contributed by atoms with E-state index in [2.05, 4.69) is 15.9 Å². The van der Waals surface area contributed by atoms with Gasteiger partial charge in [0.2, 0.25) is 0 Å². The van der Waals surface area contributed by atoms with Crippen molar-refractivity contribution in [2.24, 2.45) is 0 Å². The lowest BCUT2D eigenvalue weighted by Gasteiger charge is -2.17. The number of aryl methyl sites for hydroxylation is 1. The number of nitrogens with zero attached hydrogens (tertiary/aromatic N) is 1. The van der Waals surface area contributed by atoms with Crippen molar-refractivity contribution in [3.63, 3.8) is 0 Å². The number of amides is 1. The number of hydrogen-bond donors (Lipinski definition) is 0. The van der Waals surface area contributed by atoms with Gasteiger partial charge in [-0.05, 0) is 31.0 Å². The summed E-state index contributed by atoms with van der Waals surface area (Å²) < 4.78 is 5.22. The molecule has 1 aromatic rings. The van der Waals surface area contributed by atoms with Gasteiger partial charge in [0.1, 0.15) is 5.75 Å². The average molecular weight is 300 g/mol. The first-order valence-corrected chi connectivity index (χ1v) is 6.68. The van der Waals surface area contributed by atoms with Crippen molar-refractivity contribution in [2.45, 2.75) is 13.3 Å². The second-order valence-corrected chi connectivity index (χ2v) is 4.75. The van der Waals surface area contributed by atoms with Crippen LogP contribution in [0.25, 0.3) is 0 Å². The molecule has 0 fully saturated rings. The van der Waals surface area contributed by atoms with Crippen LogP contribution < -0.4 is 4.74 Å². The van der Waals surface area contributed by atoms with Crippen LogP contribution in [-0.2, 0) is 0 Å². The Morgan fingerprint density at radius 2 is 2.18 bits per heavy atom. The third kappa shape index (κ3) is 3.73. The summed E-state index contributed by atoms with van der Waals surface area (Å²) in [6.45, 7) is 2.71. The number of carbonyl (C=O) groups excluding carboxylic acids is 1. The molecule has 94 valence electrons. The van der Waals surface area contributed by atoms with Gasteiger partial charge in [-0.1, -0.05) is 22.0 Å². The molecule has 0 bridgehead atoms. The summed E-state index contributed by atoms with van der Waals surface area (Å²) in [5, 5.41) is 0.905. The topological polar surface area (TPSA) is 29.5 Å². The van der Waals surface area contributed by atoms with Gasteiger partial charge in [0.15, 0.2) is 0 Å². The van der Waals surface area contributed by atoms with Crippen molar-refractivity contribution in [3.8, 4) is 5.75 Å². The van der Waals surface area contributed by atoms with E-state index in [0.717, 1.165) is 29.6 Å². The lowest BCUT2D eigenvalue weighted by Crippen LogP contribution is -2.27. The molecule has 0 spiro atoms. The van der Waals surface area contributed by atoms with E-state index in [-0.39, 0.29) is 5.91 Å². The molecule has 0 saturated carbocycles. The number of alkyl halides is 1. The van der Waals surface area contributed by atoms with E-state index < -0.39 is 0 Å². The molecule has 0 N–H and O–H groups in total. The van der Waals surface area contributed by atoms with Gasteiger partial charge in [-0.2, -0.15) is 0 Å². The molecule has 1 rings (SSSR count). The zero-order chi connectivity index (χ0) is 12.8. The smallest absolute Gasteiger partial charge is 0.253 e. The van der Waals surface area contributed by atoms with Crippen LogP contribution in [0.4, 0.5) is 0 Å². The van der Waals surface area contributed by atoms with E-state index >= 15 is 0 Å². The Kier molecular flexibility index (Phi) is 5.48. The largest absolute Gasteiger partial charge is 0.496 e. The molecule has 0 aliphatic heterocycles. The lowest BCUT2D eigenvalue weighted by molar-refractivity contribution is 0.0795. The minimum absolute atomic E-state index is 0.0317. The Bertz CT molecular complexity index is 393. The minimum Gasteiger partial charge on any atom is -0.496 e. The molecule has 0 saturated heterocycles. The predicted octanol–water partition coefficient (Wildman–Crippen LogP) is 2.86. The fourth-order valence-corrected chi connectivity index (χ4v) is 1.82. The molecule has 1 aromatic carbocycles. The van der Waals surface area contributed by atoms with Crippen molar-refractivity contribution in [2.75, 3.05) is 26.0 Å². The number of carbonyl (C=O) groups is 1. The van der Waals surface area contributed by atoms with Gasteiger partial charge >= 0.3 is 0 Å². The molecule has 0 heterocycles. The molecule has 0 unspecified atom stereocenters. The zero-order valence-electron chi connectivity index (χ0n) is 10.5. The van der Waals surface area contributed by atoms with Crippen LogP contribution in [0.3, 0.4) is 0 Å². The Morgan fingerprint density at radius 3 is 2.76 bits per heavy atom. The highest BCUT2D eigenvalue weighted by atomic mass is 79.9. The Hall–Kier alpha value is -1.03. The molecule has 0 aromatic heterocycles. The highest BCUT2D eigenvalue weighted by Crippen LogP contribution is 2.19. The Balaban J connectivity index is 2.81. The van der Waals surface area contributed by atoms with Crippen molar-refractivity contribution in [1.29, 1.82) is 0 Å². The summed E-state index contributed by atoms with van der Waals surface area (Å²) in [5.41, 5.74) is 1.71. The molecule has 3 nitrogen and oxygen atoms in total. The molecule has 1 amide bonds. The van der Waals surface area contributed by atoms with Gasteiger partial charge in [-0.15, -0.1) is 0 Å². The molecule has 17 heavy (non-hydrogen) atoms. The molecule has 0 atom stereocenters. The second-order valence-electron chi connectivity index (χ2n) is 3.95. The number of methoxy groups -OCH3 is 1. The van der Waals surface area contributed by atoms with E-state index in [1.165, 1.54) is 0 Å². The van der Waals surface area contributed by atoms with Crippen LogP contribution in [0, 0.1) is 6.92 Å². The number of benzene rings is 1. The summed E-state index contributed by atoms with van der Waals surface area (Å²) in [4.78, 5) is 13.8. The molecule has 4 heteroatoms. The van der Waals surface area contributed by atoms with Gasteiger partial charge in [0.25, 0.3) is 5.91 Å². The summed E-state index contributed by atoms with van der Waals surface area (Å²) >= 11 is 3.36. The average Bonchev–Trinajstić information content (AvgIpc) is 2.35. The van der Waals surface area contributed by atoms with Gasteiger partial charge in [-0.3, -0.25) is 4.79 Å². The van der Waals surface area contributed by atoms with Crippen molar-refractivity contribution >= 4 is 21.8 Å². The fraction of sp³-hybridized carbons (Fsp3) is 0.462. The van der Waals surface area contributed by atoms with Crippen LogP contribution in [0.15, 0.2) is 18.2 Å². The number of ether oxygens (including phenoxy) is 1. The van der Waals surface area contributed by atoms with Crippen molar-refractivity contribution < 1.29 is 9.53 Å². The number of rotatable bonds is 5. The molecule has 0 aliphatic carbocycles. The van der Waals surface area contributed by atoms with Crippen molar-refractivity contribution in [3.05, 3.63) is 29.3 Å². The second kappa shape index (κ2) is 6.64. The van der Waals surface area contributed by atoms with E-state index in [0.29, 0.717) is 5.56 Å². The first-order chi connectivity index (χ1) is 8.10. The van der Waals surface area contributed by atoms with Crippen LogP contribution in [0.1, 0.15) is 22.3 Å². The molecular weight excluding hydrogens is 282 g/mol. The minimum atomic E-state index is 0.0317. The first-order valence-electron chi connectivity index (χ1n) is 5.56. The monoisotopic (exact) mass is 299 g/mol. The Morgan fingerprint density at radius 1 is 1.47 bits per heavy atom. The summed E-state index contributed by atoms with van der Waals surface area (Å²) in [7, 11) is 3.43. The van der Waals surface area contributed by atoms with Crippen molar-refractivity contribution in [1.82, 2.24) is 4.90 Å². The SMILES string of the molecule is COc1cc(C(=O)N(C)CCCBr)ccc1C. The van der Waals surface area contributed by atoms with Gasteiger partial charge in [0, 0.05) is 24.5 Å². The molecule has 0 aliphatic rings. The van der Waals surface area contributed by atoms with E-state index in [4.69, 9.17) is 4.74 Å². The zero-order valence-corrected chi connectivity index (χ0v) is 12.1. The van der Waals surface area contributed by atoms with E-state index in [1.807, 2.05) is 26.1 Å². The highest BCUT2D eigenvalue weighted by Gasteiger charge is 2.12. The third-order valence-corrected chi connectivity index (χ3v) is 3.19. The van der Waals surface area contributed by atoms with Crippen LogP contribution in [-0.4, -0.2) is 36.8 Å². The quantitative estimate of drug-likeness (QED) is 0.783. The maximum Gasteiger partial charge on any atom is 0.253 e. The fourth-order valence-electron chi connectivity index (χ4n) is 1.57. The van der Waals surface area contributed by atoms with Crippen LogP contribution >= 0.6 is 15.9 Å². The standard InChI is InChI=1S/C13H18BrNO2/c1-10-5-6-11(9-12(10)17-3)13(16)15(2)8-4-7-14/h5-6,9H,4,7-8H2,1-3H3. The predicted molar refractivity (Wildman–Crippen MR) is 73.1 cm³/mol. The van der Waals surface area contributed by atoms with E-state index in [9.17, 15) is 4.79 Å².